The van der Waals surface area contributed by atoms with Crippen molar-refractivity contribution >= 4 is 25.8 Å². The Bertz CT molecular complexity index is 724. The van der Waals surface area contributed by atoms with E-state index in [1.807, 2.05) is 0 Å². The van der Waals surface area contributed by atoms with E-state index in [1.165, 1.54) is 6.26 Å². The first kappa shape index (κ1) is 17.0. The van der Waals surface area contributed by atoms with Crippen molar-refractivity contribution in [1.82, 2.24) is 9.62 Å². The summed E-state index contributed by atoms with van der Waals surface area (Å²) in [5.74, 6) is -0.266. The number of carbonyl (C=O) groups excluding carboxylic acids is 1. The molecule has 0 aromatic carbocycles. The quantitative estimate of drug-likeness (QED) is 0.729. The summed E-state index contributed by atoms with van der Waals surface area (Å²) in [6, 6.07) is 2.67. The summed E-state index contributed by atoms with van der Waals surface area (Å²) >= 11 is 0. The molecule has 0 saturated carbocycles. The fourth-order valence-corrected chi connectivity index (χ4v) is 5.21. The van der Waals surface area contributed by atoms with Gasteiger partial charge in [-0.15, -0.1) is 0 Å². The minimum Gasteiger partial charge on any atom is -0.467 e. The molecule has 1 N–H and O–H groups in total. The van der Waals surface area contributed by atoms with E-state index in [9.17, 15) is 21.6 Å². The van der Waals surface area contributed by atoms with Crippen molar-refractivity contribution in [2.45, 2.75) is 19.0 Å². The summed E-state index contributed by atoms with van der Waals surface area (Å²) in [4.78, 5) is 11.9. The molecular weight excluding hydrogens is 332 g/mol. The maximum atomic E-state index is 11.9. The van der Waals surface area contributed by atoms with Gasteiger partial charge in [0.05, 0.1) is 37.1 Å². The van der Waals surface area contributed by atoms with E-state index in [-0.39, 0.29) is 24.5 Å². The number of nitrogens with zero attached hydrogens (tertiary/aromatic N) is 1. The normalized spacial score (nSPS) is 21.1. The molecule has 1 unspecified atom stereocenters. The maximum absolute atomic E-state index is 11.9. The van der Waals surface area contributed by atoms with Crippen LogP contribution in [0.3, 0.4) is 0 Å². The molecule has 1 aromatic rings. The first-order chi connectivity index (χ1) is 10.2. The molecule has 1 amide bonds. The fraction of sp³-hybridized carbons (Fsp3) is 0.583. The second kappa shape index (κ2) is 6.39. The lowest BCUT2D eigenvalue weighted by Gasteiger charge is -2.24. The average molecular weight is 350 g/mol. The number of hydrogen-bond acceptors (Lipinski definition) is 6. The minimum absolute atomic E-state index is 0.0578. The van der Waals surface area contributed by atoms with Crippen LogP contribution in [0.4, 0.5) is 0 Å². The van der Waals surface area contributed by atoms with Gasteiger partial charge < -0.3 is 9.73 Å². The largest absolute Gasteiger partial charge is 0.467 e. The van der Waals surface area contributed by atoms with Gasteiger partial charge in [-0.25, -0.2) is 16.8 Å². The van der Waals surface area contributed by atoms with Gasteiger partial charge in [-0.05, 0) is 18.6 Å². The zero-order chi connectivity index (χ0) is 16.4. The van der Waals surface area contributed by atoms with Crippen molar-refractivity contribution < 1.29 is 26.0 Å². The van der Waals surface area contributed by atoms with E-state index >= 15 is 0 Å². The van der Waals surface area contributed by atoms with Gasteiger partial charge in [0.25, 0.3) is 0 Å². The van der Waals surface area contributed by atoms with Crippen molar-refractivity contribution in [2.24, 2.45) is 0 Å². The molecule has 1 atom stereocenters. The highest BCUT2D eigenvalue weighted by Crippen LogP contribution is 2.19. The van der Waals surface area contributed by atoms with Crippen molar-refractivity contribution in [1.29, 1.82) is 0 Å². The highest BCUT2D eigenvalue weighted by atomic mass is 32.2. The van der Waals surface area contributed by atoms with Crippen LogP contribution in [0.25, 0.3) is 0 Å². The Labute approximate surface area is 129 Å². The van der Waals surface area contributed by atoms with E-state index in [0.717, 1.165) is 10.6 Å². The monoisotopic (exact) mass is 350 g/mol. The van der Waals surface area contributed by atoms with Crippen molar-refractivity contribution in [3.8, 4) is 0 Å². The molecule has 2 rings (SSSR count). The van der Waals surface area contributed by atoms with Gasteiger partial charge in [0.1, 0.15) is 5.76 Å². The van der Waals surface area contributed by atoms with Crippen molar-refractivity contribution in [2.75, 3.05) is 24.3 Å². The average Bonchev–Trinajstić information content (AvgIpc) is 3.01. The molecule has 0 spiro atoms. The SMILES string of the molecule is CS(=O)(=O)N(CC(=O)NCc1ccco1)C1CCS(=O)(=O)C1. The Hall–Kier alpha value is -1.39. The molecule has 1 saturated heterocycles. The minimum atomic E-state index is -3.68. The van der Waals surface area contributed by atoms with Gasteiger partial charge in [0.15, 0.2) is 9.84 Å². The Morgan fingerprint density at radius 1 is 1.50 bits per heavy atom. The van der Waals surface area contributed by atoms with Gasteiger partial charge in [0, 0.05) is 6.04 Å². The van der Waals surface area contributed by atoms with E-state index < -0.39 is 38.4 Å². The first-order valence-corrected chi connectivity index (χ1v) is 10.3. The Kier molecular flexibility index (Phi) is 4.93. The third kappa shape index (κ3) is 4.55. The molecule has 124 valence electrons. The molecule has 0 aliphatic carbocycles. The molecule has 0 radical (unpaired) electrons. The molecule has 8 nitrogen and oxygen atoms in total. The molecular formula is C12H18N2O6S2. The third-order valence-corrected chi connectivity index (χ3v) is 6.41. The van der Waals surface area contributed by atoms with Gasteiger partial charge in [-0.1, -0.05) is 0 Å². The summed E-state index contributed by atoms with van der Waals surface area (Å²) < 4.78 is 52.7. The first-order valence-electron chi connectivity index (χ1n) is 6.64. The molecule has 10 heteroatoms. The Morgan fingerprint density at radius 2 is 2.23 bits per heavy atom. The van der Waals surface area contributed by atoms with Gasteiger partial charge >= 0.3 is 0 Å². The summed E-state index contributed by atoms with van der Waals surface area (Å²) in [6.45, 7) is -0.258. The van der Waals surface area contributed by atoms with E-state index in [2.05, 4.69) is 5.32 Å². The molecule has 1 aromatic heterocycles. The van der Waals surface area contributed by atoms with Gasteiger partial charge in [-0.3, -0.25) is 4.79 Å². The molecule has 1 fully saturated rings. The van der Waals surface area contributed by atoms with Crippen molar-refractivity contribution in [3.63, 3.8) is 0 Å². The number of rotatable bonds is 6. The predicted octanol–water partition coefficient (Wildman–Crippen LogP) is -0.655. The lowest BCUT2D eigenvalue weighted by Crippen LogP contribution is -2.46. The number of sulfone groups is 1. The van der Waals surface area contributed by atoms with Crippen LogP contribution in [0.5, 0.6) is 0 Å². The van der Waals surface area contributed by atoms with Gasteiger partial charge in [0.2, 0.25) is 15.9 Å². The summed E-state index contributed by atoms with van der Waals surface area (Å²) in [5.41, 5.74) is 0. The van der Waals surface area contributed by atoms with E-state index in [0.29, 0.717) is 5.76 Å². The van der Waals surface area contributed by atoms with Crippen LogP contribution in [0.2, 0.25) is 0 Å². The van der Waals surface area contributed by atoms with Crippen LogP contribution < -0.4 is 5.32 Å². The zero-order valence-corrected chi connectivity index (χ0v) is 13.7. The molecule has 0 bridgehead atoms. The van der Waals surface area contributed by atoms with Crippen LogP contribution in [-0.4, -0.2) is 57.4 Å². The molecule has 22 heavy (non-hydrogen) atoms. The van der Waals surface area contributed by atoms with Crippen LogP contribution >= 0.6 is 0 Å². The number of amides is 1. The summed E-state index contributed by atoms with van der Waals surface area (Å²) in [5, 5.41) is 2.54. The van der Waals surface area contributed by atoms with Gasteiger partial charge in [-0.2, -0.15) is 4.31 Å². The lowest BCUT2D eigenvalue weighted by molar-refractivity contribution is -0.121. The van der Waals surface area contributed by atoms with Crippen LogP contribution in [0, 0.1) is 0 Å². The Balaban J connectivity index is 2.00. The number of sulfonamides is 1. The topological polar surface area (TPSA) is 114 Å². The van der Waals surface area contributed by atoms with Crippen LogP contribution in [0.1, 0.15) is 12.2 Å². The second-order valence-electron chi connectivity index (χ2n) is 5.22. The number of carbonyl (C=O) groups is 1. The number of nitrogens with one attached hydrogen (secondary N) is 1. The summed E-state index contributed by atoms with van der Waals surface area (Å²) in [7, 11) is -6.92. The standard InChI is InChI=1S/C12H18N2O6S2/c1-21(16,17)14(10-4-6-22(18,19)9-10)8-12(15)13-7-11-3-2-5-20-11/h2-3,5,10H,4,6-9H2,1H3,(H,13,15). The zero-order valence-electron chi connectivity index (χ0n) is 12.1. The maximum Gasteiger partial charge on any atom is 0.235 e. The lowest BCUT2D eigenvalue weighted by atomic mass is 10.2. The second-order valence-corrected chi connectivity index (χ2v) is 9.38. The Morgan fingerprint density at radius 3 is 2.73 bits per heavy atom. The van der Waals surface area contributed by atoms with E-state index in [1.54, 1.807) is 12.1 Å². The molecule has 2 heterocycles. The fourth-order valence-electron chi connectivity index (χ4n) is 2.32. The predicted molar refractivity (Wildman–Crippen MR) is 79.2 cm³/mol. The highest BCUT2D eigenvalue weighted by molar-refractivity contribution is 7.92. The number of hydrogen-bond donors (Lipinski definition) is 1. The summed E-state index contributed by atoms with van der Waals surface area (Å²) in [6.07, 6.45) is 2.65. The van der Waals surface area contributed by atoms with Crippen LogP contribution in [0.15, 0.2) is 22.8 Å². The van der Waals surface area contributed by atoms with E-state index in [4.69, 9.17) is 4.42 Å². The molecule has 1 aliphatic rings. The van der Waals surface area contributed by atoms with Crippen molar-refractivity contribution in [3.05, 3.63) is 24.2 Å². The smallest absolute Gasteiger partial charge is 0.235 e. The highest BCUT2D eigenvalue weighted by Gasteiger charge is 2.37. The van der Waals surface area contributed by atoms with Crippen LogP contribution in [-0.2, 0) is 31.2 Å². The number of furan rings is 1. The molecule has 1 aliphatic heterocycles. The third-order valence-electron chi connectivity index (χ3n) is 3.38.